The second-order valence-electron chi connectivity index (χ2n) is 17.1. The molecule has 0 saturated heterocycles. The summed E-state index contributed by atoms with van der Waals surface area (Å²) >= 11 is 0. The summed E-state index contributed by atoms with van der Waals surface area (Å²) in [4.78, 5) is 0. The van der Waals surface area contributed by atoms with Gasteiger partial charge in [-0.3, -0.25) is 0 Å². The number of furan rings is 2. The molecule has 0 atom stereocenters. The standard InChI is InChI=1S/C61H36O2/c1-3-13-41(14-4-1)61(42-15-5-2-6-16-42)55-21-11-9-19-47(55)48-29-25-40(36-56(48)61)38-24-28-46-45-27-23-37(33-52(45)43-17-7-8-18-44(43)53(46)34-38)39-26-32-58-54(35-39)51-31-30-50-49-20-10-12-22-57(49)62-59(50)60(51)63-58/h1-36H. The van der Waals surface area contributed by atoms with Crippen molar-refractivity contribution in [3.05, 3.63) is 241 Å². The van der Waals surface area contributed by atoms with Crippen molar-refractivity contribution in [2.75, 3.05) is 0 Å². The smallest absolute Gasteiger partial charge is 0.178 e. The van der Waals surface area contributed by atoms with E-state index in [1.54, 1.807) is 0 Å². The lowest BCUT2D eigenvalue weighted by atomic mass is 9.67. The zero-order valence-electron chi connectivity index (χ0n) is 34.1. The quantitative estimate of drug-likeness (QED) is 0.166. The van der Waals surface area contributed by atoms with E-state index in [4.69, 9.17) is 8.83 Å². The summed E-state index contributed by atoms with van der Waals surface area (Å²) in [6, 6.07) is 80.2. The molecule has 14 rings (SSSR count). The minimum atomic E-state index is -0.446. The van der Waals surface area contributed by atoms with Gasteiger partial charge in [-0.2, -0.15) is 0 Å². The Kier molecular flexibility index (Phi) is 7.07. The predicted octanol–water partition coefficient (Wildman–Crippen LogP) is 16.6. The molecule has 0 amide bonds. The van der Waals surface area contributed by atoms with E-state index in [0.717, 1.165) is 49.4 Å². The second-order valence-corrected chi connectivity index (χ2v) is 17.1. The van der Waals surface area contributed by atoms with Crippen LogP contribution < -0.4 is 0 Å². The average molecular weight is 801 g/mol. The van der Waals surface area contributed by atoms with E-state index in [1.807, 2.05) is 12.1 Å². The minimum Gasteiger partial charge on any atom is -0.452 e. The van der Waals surface area contributed by atoms with Gasteiger partial charge in [0.2, 0.25) is 0 Å². The van der Waals surface area contributed by atoms with Gasteiger partial charge in [-0.25, -0.2) is 0 Å². The second kappa shape index (κ2) is 12.9. The minimum absolute atomic E-state index is 0.446. The summed E-state index contributed by atoms with van der Waals surface area (Å²) in [5, 5.41) is 11.8. The first-order chi connectivity index (χ1) is 31.2. The predicted molar refractivity (Wildman–Crippen MR) is 262 cm³/mol. The molecule has 0 unspecified atom stereocenters. The highest BCUT2D eigenvalue weighted by Gasteiger charge is 2.46. The number of para-hydroxylation sites is 1. The molecule has 11 aromatic carbocycles. The molecule has 2 heteroatoms. The van der Waals surface area contributed by atoms with Crippen molar-refractivity contribution in [1.82, 2.24) is 0 Å². The normalized spacial score (nSPS) is 13.2. The van der Waals surface area contributed by atoms with Crippen molar-refractivity contribution < 1.29 is 8.83 Å². The van der Waals surface area contributed by atoms with Crippen LogP contribution in [0.2, 0.25) is 0 Å². The van der Waals surface area contributed by atoms with Gasteiger partial charge in [0, 0.05) is 21.5 Å². The van der Waals surface area contributed by atoms with Crippen molar-refractivity contribution in [2.45, 2.75) is 5.41 Å². The van der Waals surface area contributed by atoms with E-state index < -0.39 is 5.41 Å². The Balaban J connectivity index is 0.921. The third-order valence-corrected chi connectivity index (χ3v) is 13.9. The molecule has 0 aliphatic heterocycles. The molecule has 2 aromatic heterocycles. The summed E-state index contributed by atoms with van der Waals surface area (Å²) in [6.45, 7) is 0. The van der Waals surface area contributed by atoms with Gasteiger partial charge in [0.25, 0.3) is 0 Å². The zero-order chi connectivity index (χ0) is 41.2. The first-order valence-electron chi connectivity index (χ1n) is 21.7. The molecule has 292 valence electrons. The number of benzene rings is 11. The summed E-state index contributed by atoms with van der Waals surface area (Å²) in [6.07, 6.45) is 0. The molecule has 13 aromatic rings. The van der Waals surface area contributed by atoms with E-state index in [1.165, 1.54) is 82.4 Å². The van der Waals surface area contributed by atoms with Crippen LogP contribution in [0.5, 0.6) is 0 Å². The van der Waals surface area contributed by atoms with Crippen molar-refractivity contribution in [2.24, 2.45) is 0 Å². The lowest BCUT2D eigenvalue weighted by Gasteiger charge is -2.34. The van der Waals surface area contributed by atoms with Crippen LogP contribution in [-0.2, 0) is 5.41 Å². The fourth-order valence-corrected chi connectivity index (χ4v) is 11.1. The highest BCUT2D eigenvalue weighted by Crippen LogP contribution is 2.57. The Morgan fingerprint density at radius 3 is 1.33 bits per heavy atom. The lowest BCUT2D eigenvalue weighted by Crippen LogP contribution is -2.28. The van der Waals surface area contributed by atoms with E-state index >= 15 is 0 Å². The van der Waals surface area contributed by atoms with Crippen LogP contribution in [0.3, 0.4) is 0 Å². The van der Waals surface area contributed by atoms with E-state index in [-0.39, 0.29) is 0 Å². The van der Waals surface area contributed by atoms with Crippen LogP contribution in [0.15, 0.2) is 227 Å². The van der Waals surface area contributed by atoms with E-state index in [2.05, 4.69) is 206 Å². The van der Waals surface area contributed by atoms with Gasteiger partial charge >= 0.3 is 0 Å². The highest BCUT2D eigenvalue weighted by atomic mass is 16.4. The maximum atomic E-state index is 6.50. The summed E-state index contributed by atoms with van der Waals surface area (Å²) < 4.78 is 12.8. The number of rotatable bonds is 4. The van der Waals surface area contributed by atoms with Gasteiger partial charge in [0.15, 0.2) is 11.2 Å². The van der Waals surface area contributed by atoms with Crippen LogP contribution >= 0.6 is 0 Å². The Hall–Kier alpha value is -8.20. The molecular formula is C61H36O2. The third-order valence-electron chi connectivity index (χ3n) is 13.9. The monoisotopic (exact) mass is 800 g/mol. The molecule has 1 aliphatic rings. The molecular weight excluding hydrogens is 765 g/mol. The fraction of sp³-hybridized carbons (Fsp3) is 0.0164. The first-order valence-corrected chi connectivity index (χ1v) is 21.7. The maximum Gasteiger partial charge on any atom is 0.178 e. The molecule has 0 fully saturated rings. The van der Waals surface area contributed by atoms with Crippen LogP contribution in [0.25, 0.3) is 110 Å². The largest absolute Gasteiger partial charge is 0.452 e. The Morgan fingerprint density at radius 2 is 0.683 bits per heavy atom. The number of hydrogen-bond acceptors (Lipinski definition) is 2. The maximum absolute atomic E-state index is 6.50. The fourth-order valence-electron chi connectivity index (χ4n) is 11.1. The molecule has 0 spiro atoms. The molecule has 0 saturated carbocycles. The van der Waals surface area contributed by atoms with Gasteiger partial charge in [-0.15, -0.1) is 0 Å². The van der Waals surface area contributed by atoms with Crippen molar-refractivity contribution >= 4 is 76.2 Å². The first kappa shape index (κ1) is 34.5. The topological polar surface area (TPSA) is 26.3 Å². The van der Waals surface area contributed by atoms with Crippen LogP contribution in [-0.4, -0.2) is 0 Å². The van der Waals surface area contributed by atoms with Gasteiger partial charge in [-0.05, 0) is 136 Å². The molecule has 2 heterocycles. The Morgan fingerprint density at radius 1 is 0.254 bits per heavy atom. The van der Waals surface area contributed by atoms with Gasteiger partial charge in [0.05, 0.1) is 5.41 Å². The molecule has 63 heavy (non-hydrogen) atoms. The third kappa shape index (κ3) is 4.78. The van der Waals surface area contributed by atoms with E-state index in [0.29, 0.717) is 0 Å². The molecule has 0 bridgehead atoms. The van der Waals surface area contributed by atoms with Crippen molar-refractivity contribution in [3.63, 3.8) is 0 Å². The highest BCUT2D eigenvalue weighted by molar-refractivity contribution is 6.26. The van der Waals surface area contributed by atoms with Crippen molar-refractivity contribution in [1.29, 1.82) is 0 Å². The average Bonchev–Trinajstić information content (AvgIpc) is 4.02. The Labute approximate surface area is 362 Å². The summed E-state index contributed by atoms with van der Waals surface area (Å²) in [5.41, 5.74) is 15.4. The molecule has 0 radical (unpaired) electrons. The van der Waals surface area contributed by atoms with E-state index in [9.17, 15) is 0 Å². The van der Waals surface area contributed by atoms with Crippen LogP contribution in [0.4, 0.5) is 0 Å². The summed E-state index contributed by atoms with van der Waals surface area (Å²) in [7, 11) is 0. The van der Waals surface area contributed by atoms with Crippen molar-refractivity contribution in [3.8, 4) is 33.4 Å². The number of fused-ring (bicyclic) bond motifs is 16. The van der Waals surface area contributed by atoms with Gasteiger partial charge in [-0.1, -0.05) is 170 Å². The molecule has 2 nitrogen and oxygen atoms in total. The molecule has 0 N–H and O–H groups in total. The van der Waals surface area contributed by atoms with Crippen LogP contribution in [0, 0.1) is 0 Å². The number of hydrogen-bond donors (Lipinski definition) is 0. The Bertz CT molecular complexity index is 3960. The lowest BCUT2D eigenvalue weighted by molar-refractivity contribution is 0.633. The summed E-state index contributed by atoms with van der Waals surface area (Å²) in [5.74, 6) is 0. The zero-order valence-corrected chi connectivity index (χ0v) is 34.1. The van der Waals surface area contributed by atoms with Gasteiger partial charge < -0.3 is 8.83 Å². The molecule has 1 aliphatic carbocycles. The van der Waals surface area contributed by atoms with Crippen LogP contribution in [0.1, 0.15) is 22.3 Å². The van der Waals surface area contributed by atoms with Gasteiger partial charge in [0.1, 0.15) is 11.2 Å². The SMILES string of the molecule is c1ccc(C2(c3ccccc3)c3ccccc3-c3ccc(-c4ccc5c6ccc(-c7ccc8oc9c(ccc%10c%11ccccc%11oc%109)c8c7)cc6c6ccccc6c5c4)cc32)cc1.